The summed E-state index contributed by atoms with van der Waals surface area (Å²) < 4.78 is 37.0. The van der Waals surface area contributed by atoms with E-state index in [-0.39, 0.29) is 17.0 Å². The van der Waals surface area contributed by atoms with Gasteiger partial charge in [0, 0.05) is 6.54 Å². The van der Waals surface area contributed by atoms with Crippen molar-refractivity contribution in [3.05, 3.63) is 54.0 Å². The summed E-state index contributed by atoms with van der Waals surface area (Å²) in [7, 11) is -3.75. The molecule has 0 unspecified atom stereocenters. The molecule has 0 spiro atoms. The zero-order chi connectivity index (χ0) is 19.2. The van der Waals surface area contributed by atoms with Gasteiger partial charge in [0.25, 0.3) is 5.91 Å². The van der Waals surface area contributed by atoms with Gasteiger partial charge in [-0.25, -0.2) is 17.9 Å². The number of benzene rings is 1. The van der Waals surface area contributed by atoms with Crippen LogP contribution in [0.1, 0.15) is 30.0 Å². The number of sulfonamides is 1. The van der Waals surface area contributed by atoms with E-state index in [1.807, 2.05) is 0 Å². The topological polar surface area (TPSA) is 115 Å². The third kappa shape index (κ3) is 5.17. The normalized spacial score (nSPS) is 12.4. The Hall–Kier alpha value is -2.65. The molecule has 1 heterocycles. The van der Waals surface area contributed by atoms with E-state index < -0.39 is 28.0 Å². The van der Waals surface area contributed by atoms with Crippen LogP contribution in [0.3, 0.4) is 0 Å². The first-order chi connectivity index (χ1) is 12.3. The van der Waals surface area contributed by atoms with Crippen LogP contribution in [0.5, 0.6) is 0 Å². The van der Waals surface area contributed by atoms with Gasteiger partial charge in [0.2, 0.25) is 10.0 Å². The average molecular weight is 380 g/mol. The van der Waals surface area contributed by atoms with Gasteiger partial charge in [-0.3, -0.25) is 4.79 Å². The maximum absolute atomic E-state index is 12.2. The summed E-state index contributed by atoms with van der Waals surface area (Å²) in [4.78, 5) is 23.6. The first-order valence-corrected chi connectivity index (χ1v) is 9.42. The van der Waals surface area contributed by atoms with Crippen LogP contribution in [-0.4, -0.2) is 32.9 Å². The highest BCUT2D eigenvalue weighted by atomic mass is 32.2. The molecule has 26 heavy (non-hydrogen) atoms. The van der Waals surface area contributed by atoms with E-state index in [1.54, 1.807) is 19.1 Å². The minimum absolute atomic E-state index is 0.00243. The molecule has 1 amide bonds. The fourth-order valence-electron chi connectivity index (χ4n) is 2.03. The van der Waals surface area contributed by atoms with Crippen molar-refractivity contribution in [3.63, 3.8) is 0 Å². The predicted octanol–water partition coefficient (Wildman–Crippen LogP) is 1.44. The van der Waals surface area contributed by atoms with Gasteiger partial charge in [-0.15, -0.1) is 0 Å². The van der Waals surface area contributed by atoms with Crippen LogP contribution in [0.15, 0.2) is 52.0 Å². The number of carbonyl (C=O) groups is 2. The van der Waals surface area contributed by atoms with Crippen molar-refractivity contribution in [2.24, 2.45) is 0 Å². The summed E-state index contributed by atoms with van der Waals surface area (Å²) in [6, 6.07) is 8.54. The van der Waals surface area contributed by atoms with Crippen molar-refractivity contribution < 1.29 is 27.2 Å². The maximum Gasteiger partial charge on any atom is 0.338 e. The fraction of sp³-hybridized carbons (Fsp3) is 0.294. The minimum Gasteiger partial charge on any atom is -0.468 e. The summed E-state index contributed by atoms with van der Waals surface area (Å²) in [5, 5.41) is 2.55. The monoisotopic (exact) mass is 380 g/mol. The Balaban J connectivity index is 2.00. The van der Waals surface area contributed by atoms with Crippen LogP contribution >= 0.6 is 0 Å². The van der Waals surface area contributed by atoms with E-state index >= 15 is 0 Å². The van der Waals surface area contributed by atoms with E-state index in [9.17, 15) is 18.0 Å². The molecule has 140 valence electrons. The van der Waals surface area contributed by atoms with Crippen LogP contribution in [0.25, 0.3) is 0 Å². The molecule has 1 aromatic carbocycles. The molecule has 1 aromatic heterocycles. The average Bonchev–Trinajstić information content (AvgIpc) is 3.14. The largest absolute Gasteiger partial charge is 0.468 e. The number of hydrogen-bond acceptors (Lipinski definition) is 6. The van der Waals surface area contributed by atoms with E-state index in [4.69, 9.17) is 9.15 Å². The van der Waals surface area contributed by atoms with Crippen molar-refractivity contribution in [1.82, 2.24) is 10.0 Å². The molecule has 0 aliphatic rings. The Bertz CT molecular complexity index is 844. The number of carbonyl (C=O) groups excluding carboxylic acids is 2. The lowest BCUT2D eigenvalue weighted by molar-refractivity contribution is -0.128. The Morgan fingerprint density at radius 1 is 1.19 bits per heavy atom. The van der Waals surface area contributed by atoms with Crippen LogP contribution in [0.4, 0.5) is 0 Å². The maximum atomic E-state index is 12.2. The third-order valence-corrected chi connectivity index (χ3v) is 4.84. The van der Waals surface area contributed by atoms with Crippen molar-refractivity contribution in [3.8, 4) is 0 Å². The molecular weight excluding hydrogens is 360 g/mol. The van der Waals surface area contributed by atoms with E-state index in [2.05, 4.69) is 10.0 Å². The van der Waals surface area contributed by atoms with Crippen molar-refractivity contribution >= 4 is 21.9 Å². The summed E-state index contributed by atoms with van der Waals surface area (Å²) in [6.07, 6.45) is 0.507. The highest BCUT2D eigenvalue weighted by Gasteiger charge is 2.19. The smallest absolute Gasteiger partial charge is 0.338 e. The second-order valence-corrected chi connectivity index (χ2v) is 7.14. The molecule has 0 aliphatic carbocycles. The number of hydrogen-bond donors (Lipinski definition) is 2. The Labute approximate surface area is 151 Å². The molecule has 0 aliphatic heterocycles. The highest BCUT2D eigenvalue weighted by molar-refractivity contribution is 7.89. The summed E-state index contributed by atoms with van der Waals surface area (Å²) in [6.45, 7) is 3.66. The Kier molecular flexibility index (Phi) is 6.53. The van der Waals surface area contributed by atoms with Gasteiger partial charge in [0.05, 0.1) is 23.3 Å². The lowest BCUT2D eigenvalue weighted by atomic mass is 10.2. The van der Waals surface area contributed by atoms with Gasteiger partial charge in [-0.05, 0) is 50.2 Å². The molecule has 0 saturated heterocycles. The predicted molar refractivity (Wildman–Crippen MR) is 92.7 cm³/mol. The molecule has 9 heteroatoms. The number of esters is 1. The Morgan fingerprint density at radius 2 is 1.88 bits per heavy atom. The number of furan rings is 1. The van der Waals surface area contributed by atoms with E-state index in [0.717, 1.165) is 0 Å². The van der Waals surface area contributed by atoms with Crippen molar-refractivity contribution in [2.45, 2.75) is 31.4 Å². The van der Waals surface area contributed by atoms with E-state index in [1.165, 1.54) is 37.5 Å². The van der Waals surface area contributed by atoms with Gasteiger partial charge in [-0.2, -0.15) is 0 Å². The Morgan fingerprint density at radius 3 is 2.46 bits per heavy atom. The molecule has 8 nitrogen and oxygen atoms in total. The minimum atomic E-state index is -3.75. The van der Waals surface area contributed by atoms with Gasteiger partial charge in [0.15, 0.2) is 6.10 Å². The number of rotatable bonds is 8. The molecule has 2 N–H and O–H groups in total. The summed E-state index contributed by atoms with van der Waals surface area (Å²) in [5.74, 6) is -0.633. The van der Waals surface area contributed by atoms with Gasteiger partial charge in [0.1, 0.15) is 5.76 Å². The molecule has 0 saturated carbocycles. The number of ether oxygens (including phenoxy) is 1. The molecule has 0 bridgehead atoms. The van der Waals surface area contributed by atoms with Crippen LogP contribution in [0.2, 0.25) is 0 Å². The molecule has 0 radical (unpaired) electrons. The van der Waals surface area contributed by atoms with Crippen LogP contribution < -0.4 is 10.0 Å². The molecule has 1 atom stereocenters. The lowest BCUT2D eigenvalue weighted by Gasteiger charge is -2.13. The van der Waals surface area contributed by atoms with Gasteiger partial charge < -0.3 is 14.5 Å². The zero-order valence-corrected chi connectivity index (χ0v) is 15.2. The quantitative estimate of drug-likeness (QED) is 0.670. The SMILES string of the molecule is CCNC(=O)[C@H](C)OC(=O)c1ccc(S(=O)(=O)NCc2ccco2)cc1. The number of likely N-dealkylation sites (N-methyl/N-ethyl adjacent to an activating group) is 1. The summed E-state index contributed by atoms with van der Waals surface area (Å²) >= 11 is 0. The van der Waals surface area contributed by atoms with Crippen LogP contribution in [0, 0.1) is 0 Å². The number of amides is 1. The van der Waals surface area contributed by atoms with Crippen molar-refractivity contribution in [1.29, 1.82) is 0 Å². The number of nitrogens with one attached hydrogen (secondary N) is 2. The molecule has 2 aromatic rings. The first-order valence-electron chi connectivity index (χ1n) is 7.94. The third-order valence-electron chi connectivity index (χ3n) is 3.42. The molecule has 0 fully saturated rings. The molecule has 2 rings (SSSR count). The highest BCUT2D eigenvalue weighted by Crippen LogP contribution is 2.13. The van der Waals surface area contributed by atoms with Crippen molar-refractivity contribution in [2.75, 3.05) is 6.54 Å². The van der Waals surface area contributed by atoms with Gasteiger partial charge >= 0.3 is 5.97 Å². The second kappa shape index (κ2) is 8.63. The zero-order valence-electron chi connectivity index (χ0n) is 14.4. The lowest BCUT2D eigenvalue weighted by Crippen LogP contribution is -2.35. The standard InChI is InChI=1S/C17H20N2O6S/c1-3-18-16(20)12(2)25-17(21)13-6-8-15(9-7-13)26(22,23)19-11-14-5-4-10-24-14/h4-10,12,19H,3,11H2,1-2H3,(H,18,20)/t12-/m0/s1. The van der Waals surface area contributed by atoms with Gasteiger partial charge in [-0.1, -0.05) is 0 Å². The summed E-state index contributed by atoms with van der Waals surface area (Å²) in [5.41, 5.74) is 0.145. The molecular formula is C17H20N2O6S. The second-order valence-electron chi connectivity index (χ2n) is 5.37. The van der Waals surface area contributed by atoms with Crippen LogP contribution in [-0.2, 0) is 26.1 Å². The fourth-order valence-corrected chi connectivity index (χ4v) is 3.03. The van der Waals surface area contributed by atoms with E-state index in [0.29, 0.717) is 12.3 Å². The first kappa shape index (κ1) is 19.7.